The van der Waals surface area contributed by atoms with Gasteiger partial charge in [-0.05, 0) is 25.1 Å². The zero-order valence-corrected chi connectivity index (χ0v) is 10.2. The van der Waals surface area contributed by atoms with Crippen LogP contribution in [0.3, 0.4) is 0 Å². The van der Waals surface area contributed by atoms with Crippen molar-refractivity contribution in [2.45, 2.75) is 25.8 Å². The Morgan fingerprint density at radius 2 is 2.41 bits per heavy atom. The first kappa shape index (κ1) is 12.0. The second kappa shape index (κ2) is 5.77. The van der Waals surface area contributed by atoms with Crippen molar-refractivity contribution in [3.63, 3.8) is 0 Å². The highest BCUT2D eigenvalue weighted by Crippen LogP contribution is 2.11. The van der Waals surface area contributed by atoms with Crippen molar-refractivity contribution in [2.75, 3.05) is 19.6 Å². The molecule has 1 amide bonds. The van der Waals surface area contributed by atoms with Gasteiger partial charge in [0.15, 0.2) is 0 Å². The van der Waals surface area contributed by atoms with Gasteiger partial charge in [0.05, 0.1) is 6.04 Å². The normalized spacial score (nSPS) is 19.9. The van der Waals surface area contributed by atoms with E-state index in [-0.39, 0.29) is 11.9 Å². The standard InChI is InChI=1S/C13H19N3O/c1-2-14-12-7-10-16(13(12)17)9-6-11-5-3-4-8-15-11/h3-5,8,12,14H,2,6-7,9-10H2,1H3. The molecule has 2 heterocycles. The van der Waals surface area contributed by atoms with E-state index in [1.165, 1.54) is 0 Å². The van der Waals surface area contributed by atoms with Crippen LogP contribution in [-0.2, 0) is 11.2 Å². The maximum absolute atomic E-state index is 12.0. The third-order valence-corrected chi connectivity index (χ3v) is 3.11. The Labute approximate surface area is 102 Å². The predicted molar refractivity (Wildman–Crippen MR) is 66.6 cm³/mol. The Morgan fingerprint density at radius 3 is 3.12 bits per heavy atom. The zero-order valence-electron chi connectivity index (χ0n) is 10.2. The van der Waals surface area contributed by atoms with Crippen LogP contribution in [0.25, 0.3) is 0 Å². The summed E-state index contributed by atoms with van der Waals surface area (Å²) in [6, 6.07) is 5.92. The lowest BCUT2D eigenvalue weighted by atomic mass is 10.2. The monoisotopic (exact) mass is 233 g/mol. The molecule has 1 aliphatic rings. The van der Waals surface area contributed by atoms with Crippen LogP contribution in [0.1, 0.15) is 19.0 Å². The van der Waals surface area contributed by atoms with Crippen molar-refractivity contribution in [2.24, 2.45) is 0 Å². The van der Waals surface area contributed by atoms with Gasteiger partial charge in [-0.25, -0.2) is 0 Å². The molecule has 1 aliphatic heterocycles. The Bertz CT molecular complexity index is 366. The molecule has 4 heteroatoms. The number of amides is 1. The largest absolute Gasteiger partial charge is 0.341 e. The number of rotatable bonds is 5. The average molecular weight is 233 g/mol. The first-order valence-electron chi connectivity index (χ1n) is 6.23. The molecular weight excluding hydrogens is 214 g/mol. The van der Waals surface area contributed by atoms with Crippen molar-refractivity contribution in [1.29, 1.82) is 0 Å². The van der Waals surface area contributed by atoms with Crippen molar-refractivity contribution in [3.05, 3.63) is 30.1 Å². The molecule has 0 saturated carbocycles. The van der Waals surface area contributed by atoms with Gasteiger partial charge in [-0.3, -0.25) is 9.78 Å². The smallest absolute Gasteiger partial charge is 0.239 e. The summed E-state index contributed by atoms with van der Waals surface area (Å²) in [6.45, 7) is 4.52. The summed E-state index contributed by atoms with van der Waals surface area (Å²) in [6.07, 6.45) is 3.56. The molecule has 17 heavy (non-hydrogen) atoms. The maximum Gasteiger partial charge on any atom is 0.239 e. The van der Waals surface area contributed by atoms with E-state index >= 15 is 0 Å². The fraction of sp³-hybridized carbons (Fsp3) is 0.538. The number of likely N-dealkylation sites (N-methyl/N-ethyl adjacent to an activating group) is 1. The van der Waals surface area contributed by atoms with Gasteiger partial charge in [0.2, 0.25) is 5.91 Å². The number of pyridine rings is 1. The van der Waals surface area contributed by atoms with Gasteiger partial charge in [0.1, 0.15) is 0 Å². The molecule has 0 aromatic carbocycles. The minimum atomic E-state index is 0.0312. The Morgan fingerprint density at radius 1 is 1.53 bits per heavy atom. The van der Waals surface area contributed by atoms with E-state index < -0.39 is 0 Å². The Balaban J connectivity index is 1.83. The summed E-state index contributed by atoms with van der Waals surface area (Å²) in [5.74, 6) is 0.239. The molecule has 1 aromatic heterocycles. The molecule has 0 spiro atoms. The van der Waals surface area contributed by atoms with Crippen LogP contribution in [0, 0.1) is 0 Å². The van der Waals surface area contributed by atoms with Crippen molar-refractivity contribution >= 4 is 5.91 Å². The van der Waals surface area contributed by atoms with Crippen molar-refractivity contribution in [3.8, 4) is 0 Å². The number of carbonyl (C=O) groups excluding carboxylic acids is 1. The Hall–Kier alpha value is -1.42. The van der Waals surface area contributed by atoms with E-state index in [1.54, 1.807) is 6.20 Å². The summed E-state index contributed by atoms with van der Waals surface area (Å²) in [4.78, 5) is 18.2. The number of aromatic nitrogens is 1. The number of likely N-dealkylation sites (tertiary alicyclic amines) is 1. The van der Waals surface area contributed by atoms with Gasteiger partial charge < -0.3 is 10.2 Å². The highest BCUT2D eigenvalue weighted by molar-refractivity contribution is 5.83. The lowest BCUT2D eigenvalue weighted by Gasteiger charge is -2.16. The van der Waals surface area contributed by atoms with E-state index in [9.17, 15) is 4.79 Å². The number of carbonyl (C=O) groups is 1. The molecule has 0 radical (unpaired) electrons. The van der Waals surface area contributed by atoms with Crippen molar-refractivity contribution < 1.29 is 4.79 Å². The van der Waals surface area contributed by atoms with Gasteiger partial charge >= 0.3 is 0 Å². The van der Waals surface area contributed by atoms with E-state index in [2.05, 4.69) is 10.3 Å². The van der Waals surface area contributed by atoms with E-state index in [1.807, 2.05) is 30.0 Å². The Kier molecular flexibility index (Phi) is 4.09. The molecule has 0 aliphatic carbocycles. The van der Waals surface area contributed by atoms with Crippen LogP contribution in [0.5, 0.6) is 0 Å². The molecule has 1 N–H and O–H groups in total. The van der Waals surface area contributed by atoms with Gasteiger partial charge in [-0.15, -0.1) is 0 Å². The van der Waals surface area contributed by atoms with Gasteiger partial charge in [0, 0.05) is 31.4 Å². The van der Waals surface area contributed by atoms with Crippen LogP contribution in [0.15, 0.2) is 24.4 Å². The lowest BCUT2D eigenvalue weighted by molar-refractivity contribution is -0.129. The lowest BCUT2D eigenvalue weighted by Crippen LogP contribution is -2.38. The molecule has 1 aromatic rings. The number of hydrogen-bond donors (Lipinski definition) is 1. The fourth-order valence-electron chi connectivity index (χ4n) is 2.19. The molecule has 4 nitrogen and oxygen atoms in total. The molecule has 0 bridgehead atoms. The summed E-state index contributed by atoms with van der Waals surface area (Å²) in [5.41, 5.74) is 1.05. The van der Waals surface area contributed by atoms with Gasteiger partial charge in [0.25, 0.3) is 0 Å². The predicted octanol–water partition coefficient (Wildman–Crippen LogP) is 0.834. The van der Waals surface area contributed by atoms with Crippen LogP contribution in [0.4, 0.5) is 0 Å². The first-order chi connectivity index (χ1) is 8.31. The minimum absolute atomic E-state index is 0.0312. The molecule has 1 fully saturated rings. The van der Waals surface area contributed by atoms with Gasteiger partial charge in [-0.1, -0.05) is 13.0 Å². The quantitative estimate of drug-likeness (QED) is 0.819. The first-order valence-corrected chi connectivity index (χ1v) is 6.23. The third-order valence-electron chi connectivity index (χ3n) is 3.11. The summed E-state index contributed by atoms with van der Waals surface area (Å²) < 4.78 is 0. The van der Waals surface area contributed by atoms with Crippen LogP contribution in [-0.4, -0.2) is 41.5 Å². The SMILES string of the molecule is CCNC1CCN(CCc2ccccn2)C1=O. The van der Waals surface area contributed by atoms with E-state index in [0.717, 1.165) is 38.2 Å². The highest BCUT2D eigenvalue weighted by atomic mass is 16.2. The van der Waals surface area contributed by atoms with Crippen LogP contribution < -0.4 is 5.32 Å². The molecular formula is C13H19N3O. The summed E-state index contributed by atoms with van der Waals surface area (Å²) in [7, 11) is 0. The minimum Gasteiger partial charge on any atom is -0.341 e. The van der Waals surface area contributed by atoms with Crippen molar-refractivity contribution in [1.82, 2.24) is 15.2 Å². The second-order valence-corrected chi connectivity index (χ2v) is 4.30. The summed E-state index contributed by atoms with van der Waals surface area (Å²) in [5, 5.41) is 3.22. The fourth-order valence-corrected chi connectivity index (χ4v) is 2.19. The number of nitrogens with zero attached hydrogens (tertiary/aromatic N) is 2. The maximum atomic E-state index is 12.0. The summed E-state index contributed by atoms with van der Waals surface area (Å²) >= 11 is 0. The second-order valence-electron chi connectivity index (χ2n) is 4.30. The average Bonchev–Trinajstić information content (AvgIpc) is 2.70. The molecule has 1 saturated heterocycles. The molecule has 2 rings (SSSR count). The molecule has 1 unspecified atom stereocenters. The van der Waals surface area contributed by atoms with Crippen LogP contribution >= 0.6 is 0 Å². The third kappa shape index (κ3) is 3.03. The van der Waals surface area contributed by atoms with E-state index in [4.69, 9.17) is 0 Å². The van der Waals surface area contributed by atoms with Crippen LogP contribution in [0.2, 0.25) is 0 Å². The zero-order chi connectivity index (χ0) is 12.1. The topological polar surface area (TPSA) is 45.2 Å². The highest BCUT2D eigenvalue weighted by Gasteiger charge is 2.30. The van der Waals surface area contributed by atoms with Gasteiger partial charge in [-0.2, -0.15) is 0 Å². The van der Waals surface area contributed by atoms with E-state index in [0.29, 0.717) is 0 Å². The molecule has 92 valence electrons. The number of hydrogen-bond acceptors (Lipinski definition) is 3. The number of nitrogens with one attached hydrogen (secondary N) is 1. The molecule has 1 atom stereocenters.